The molecule has 1 N–H and O–H groups in total. The minimum atomic E-state index is -0.0907. The van der Waals surface area contributed by atoms with Gasteiger partial charge in [-0.3, -0.25) is 0 Å². The molecule has 1 saturated heterocycles. The van der Waals surface area contributed by atoms with Crippen molar-refractivity contribution < 1.29 is 14.2 Å². The number of ether oxygens (including phenoxy) is 3. The molecule has 23 heavy (non-hydrogen) atoms. The molecule has 1 fully saturated rings. The molecule has 1 unspecified atom stereocenters. The molecule has 1 aliphatic heterocycles. The maximum absolute atomic E-state index is 5.84. The number of rotatable bonds is 6. The van der Waals surface area contributed by atoms with Gasteiger partial charge in [-0.25, -0.2) is 0 Å². The summed E-state index contributed by atoms with van der Waals surface area (Å²) in [6.07, 6.45) is 3.19. The molecule has 3 rings (SSSR count). The van der Waals surface area contributed by atoms with E-state index in [9.17, 15) is 0 Å². The van der Waals surface area contributed by atoms with Gasteiger partial charge < -0.3 is 19.5 Å². The first-order chi connectivity index (χ1) is 11.3. The lowest BCUT2D eigenvalue weighted by molar-refractivity contribution is -0.105. The predicted octanol–water partition coefficient (Wildman–Crippen LogP) is 4.21. The molecule has 4 heteroatoms. The van der Waals surface area contributed by atoms with Crippen molar-refractivity contribution in [3.8, 4) is 11.5 Å². The number of methoxy groups -OCH3 is 1. The van der Waals surface area contributed by atoms with Gasteiger partial charge in [-0.15, -0.1) is 0 Å². The van der Waals surface area contributed by atoms with E-state index in [1.54, 1.807) is 7.11 Å². The zero-order valence-electron chi connectivity index (χ0n) is 13.5. The van der Waals surface area contributed by atoms with Crippen LogP contribution in [0.5, 0.6) is 11.5 Å². The van der Waals surface area contributed by atoms with Gasteiger partial charge in [0, 0.05) is 18.7 Å². The molecule has 0 saturated carbocycles. The Morgan fingerprint density at radius 2 is 1.74 bits per heavy atom. The summed E-state index contributed by atoms with van der Waals surface area (Å²) in [4.78, 5) is 0. The van der Waals surface area contributed by atoms with E-state index >= 15 is 0 Å². The Morgan fingerprint density at radius 3 is 2.39 bits per heavy atom. The number of nitrogens with one attached hydrogen (secondary N) is 1. The van der Waals surface area contributed by atoms with Crippen LogP contribution in [0.25, 0.3) is 0 Å². The number of hydrogen-bond acceptors (Lipinski definition) is 4. The first-order valence-corrected chi connectivity index (χ1v) is 8.08. The Balaban J connectivity index is 1.50. The fourth-order valence-electron chi connectivity index (χ4n) is 2.55. The van der Waals surface area contributed by atoms with Crippen LogP contribution in [-0.2, 0) is 11.3 Å². The average Bonchev–Trinajstić information content (AvgIpc) is 2.62. The summed E-state index contributed by atoms with van der Waals surface area (Å²) in [5.74, 6) is 1.73. The van der Waals surface area contributed by atoms with Gasteiger partial charge in [-0.1, -0.05) is 12.1 Å². The third-order valence-electron chi connectivity index (χ3n) is 3.92. The Labute approximate surface area is 137 Å². The molecule has 0 amide bonds. The molecule has 1 aliphatic rings. The molecular weight excluding hydrogens is 290 g/mol. The van der Waals surface area contributed by atoms with Gasteiger partial charge in [0.2, 0.25) is 0 Å². The third-order valence-corrected chi connectivity index (χ3v) is 3.92. The van der Waals surface area contributed by atoms with E-state index in [-0.39, 0.29) is 6.29 Å². The molecular formula is C19H23NO3. The summed E-state index contributed by atoms with van der Waals surface area (Å²) in [6.45, 7) is 1.57. The van der Waals surface area contributed by atoms with Crippen LogP contribution in [0.4, 0.5) is 5.69 Å². The van der Waals surface area contributed by atoms with Crippen molar-refractivity contribution in [2.75, 3.05) is 19.0 Å². The van der Waals surface area contributed by atoms with Gasteiger partial charge >= 0.3 is 0 Å². The van der Waals surface area contributed by atoms with Crippen molar-refractivity contribution in [1.82, 2.24) is 0 Å². The SMILES string of the molecule is COc1ccc(NCc2ccc(OC3CCCCO3)cc2)cc1. The first kappa shape index (κ1) is 15.7. The Hall–Kier alpha value is -2.20. The summed E-state index contributed by atoms with van der Waals surface area (Å²) >= 11 is 0. The maximum Gasteiger partial charge on any atom is 0.199 e. The molecule has 4 nitrogen and oxygen atoms in total. The third kappa shape index (κ3) is 4.63. The van der Waals surface area contributed by atoms with E-state index in [1.165, 1.54) is 12.0 Å². The molecule has 2 aromatic carbocycles. The monoisotopic (exact) mass is 313 g/mol. The number of benzene rings is 2. The lowest BCUT2D eigenvalue weighted by Gasteiger charge is -2.23. The Bertz CT molecular complexity index is 589. The quantitative estimate of drug-likeness (QED) is 0.867. The first-order valence-electron chi connectivity index (χ1n) is 8.08. The summed E-state index contributed by atoms with van der Waals surface area (Å²) in [5, 5.41) is 3.39. The summed E-state index contributed by atoms with van der Waals surface area (Å²) in [7, 11) is 1.67. The molecule has 0 spiro atoms. The normalized spacial score (nSPS) is 17.5. The van der Waals surface area contributed by atoms with Gasteiger partial charge in [0.05, 0.1) is 13.7 Å². The highest BCUT2D eigenvalue weighted by Gasteiger charge is 2.14. The van der Waals surface area contributed by atoms with E-state index in [1.807, 2.05) is 36.4 Å². The molecule has 0 radical (unpaired) electrons. The van der Waals surface area contributed by atoms with Gasteiger partial charge in [0.25, 0.3) is 0 Å². The Morgan fingerprint density at radius 1 is 1.00 bits per heavy atom. The molecule has 1 heterocycles. The standard InChI is InChI=1S/C19H23NO3/c1-21-17-11-7-16(8-12-17)20-14-15-5-9-18(10-6-15)23-19-4-2-3-13-22-19/h5-12,19-20H,2-4,13-14H2,1H3. The van der Waals surface area contributed by atoms with Crippen LogP contribution in [0.1, 0.15) is 24.8 Å². The van der Waals surface area contributed by atoms with Crippen LogP contribution >= 0.6 is 0 Å². The fraction of sp³-hybridized carbons (Fsp3) is 0.368. The van der Waals surface area contributed by atoms with Crippen LogP contribution in [0.3, 0.4) is 0 Å². The fourth-order valence-corrected chi connectivity index (χ4v) is 2.55. The number of anilines is 1. The van der Waals surface area contributed by atoms with Crippen LogP contribution in [0.2, 0.25) is 0 Å². The van der Waals surface area contributed by atoms with Crippen molar-refractivity contribution in [2.24, 2.45) is 0 Å². The highest BCUT2D eigenvalue weighted by molar-refractivity contribution is 5.47. The van der Waals surface area contributed by atoms with E-state index in [0.29, 0.717) is 0 Å². The molecule has 0 bridgehead atoms. The zero-order chi connectivity index (χ0) is 15.9. The van der Waals surface area contributed by atoms with Gasteiger partial charge in [0.15, 0.2) is 6.29 Å². The van der Waals surface area contributed by atoms with E-state index < -0.39 is 0 Å². The lowest BCUT2D eigenvalue weighted by Crippen LogP contribution is -2.24. The van der Waals surface area contributed by atoms with Crippen molar-refractivity contribution in [2.45, 2.75) is 32.1 Å². The van der Waals surface area contributed by atoms with Crippen molar-refractivity contribution >= 4 is 5.69 Å². The molecule has 0 aliphatic carbocycles. The molecule has 0 aromatic heterocycles. The largest absolute Gasteiger partial charge is 0.497 e. The minimum absolute atomic E-state index is 0.0907. The summed E-state index contributed by atoms with van der Waals surface area (Å²) in [6, 6.07) is 16.1. The van der Waals surface area contributed by atoms with Crippen molar-refractivity contribution in [3.05, 3.63) is 54.1 Å². The van der Waals surface area contributed by atoms with E-state index in [4.69, 9.17) is 14.2 Å². The topological polar surface area (TPSA) is 39.7 Å². The summed E-state index contributed by atoms with van der Waals surface area (Å²) < 4.78 is 16.6. The van der Waals surface area contributed by atoms with Crippen molar-refractivity contribution in [3.63, 3.8) is 0 Å². The molecule has 1 atom stereocenters. The van der Waals surface area contributed by atoms with Gasteiger partial charge in [-0.2, -0.15) is 0 Å². The zero-order valence-corrected chi connectivity index (χ0v) is 13.5. The van der Waals surface area contributed by atoms with Crippen LogP contribution < -0.4 is 14.8 Å². The second-order valence-electron chi connectivity index (χ2n) is 5.64. The molecule has 2 aromatic rings. The smallest absolute Gasteiger partial charge is 0.199 e. The van der Waals surface area contributed by atoms with Crippen LogP contribution in [0, 0.1) is 0 Å². The maximum atomic E-state index is 5.84. The van der Waals surface area contributed by atoms with Gasteiger partial charge in [0.1, 0.15) is 11.5 Å². The lowest BCUT2D eigenvalue weighted by atomic mass is 10.2. The van der Waals surface area contributed by atoms with E-state index in [2.05, 4.69) is 17.4 Å². The van der Waals surface area contributed by atoms with Crippen molar-refractivity contribution in [1.29, 1.82) is 0 Å². The van der Waals surface area contributed by atoms with Crippen LogP contribution in [-0.4, -0.2) is 20.0 Å². The highest BCUT2D eigenvalue weighted by Crippen LogP contribution is 2.20. The van der Waals surface area contributed by atoms with E-state index in [0.717, 1.165) is 43.2 Å². The second kappa shape index (κ2) is 7.88. The average molecular weight is 313 g/mol. The van der Waals surface area contributed by atoms with Gasteiger partial charge in [-0.05, 0) is 54.8 Å². The molecule has 122 valence electrons. The Kier molecular flexibility index (Phi) is 5.37. The van der Waals surface area contributed by atoms with Crippen LogP contribution in [0.15, 0.2) is 48.5 Å². The number of hydrogen-bond donors (Lipinski definition) is 1. The second-order valence-corrected chi connectivity index (χ2v) is 5.64. The highest BCUT2D eigenvalue weighted by atomic mass is 16.7. The minimum Gasteiger partial charge on any atom is -0.497 e. The summed E-state index contributed by atoms with van der Waals surface area (Å²) in [5.41, 5.74) is 2.28. The predicted molar refractivity (Wildman–Crippen MR) is 91.0 cm³/mol.